The summed E-state index contributed by atoms with van der Waals surface area (Å²) in [6.07, 6.45) is 2.29. The Morgan fingerprint density at radius 1 is 1.03 bits per heavy atom. The van der Waals surface area contributed by atoms with Crippen molar-refractivity contribution in [2.75, 3.05) is 23.4 Å². The lowest BCUT2D eigenvalue weighted by Gasteiger charge is -2.24. The average molecular weight is 495 g/mol. The van der Waals surface area contributed by atoms with Crippen molar-refractivity contribution < 1.29 is 4.79 Å². The molecule has 6 rings (SSSR count). The number of fused-ring (bicyclic) bond motifs is 1. The molecule has 0 bridgehead atoms. The number of benzene rings is 1. The SMILES string of the molecule is CNCc1nc(N2CCCC2C)cc2c1CN(c1cccc(-c3nnc(C)n3-c3ccccc3)n1)C2=O. The van der Waals surface area contributed by atoms with E-state index in [0.29, 0.717) is 42.0 Å². The maximum Gasteiger partial charge on any atom is 0.260 e. The molecule has 1 N–H and O–H groups in total. The Hall–Kier alpha value is -4.11. The zero-order valence-electron chi connectivity index (χ0n) is 21.3. The normalized spacial score (nSPS) is 17.1. The van der Waals surface area contributed by atoms with Gasteiger partial charge < -0.3 is 10.2 Å². The van der Waals surface area contributed by atoms with Gasteiger partial charge in [-0.15, -0.1) is 10.2 Å². The second kappa shape index (κ2) is 9.40. The molecule has 9 heteroatoms. The molecule has 2 aliphatic heterocycles. The highest BCUT2D eigenvalue weighted by molar-refractivity contribution is 6.10. The average Bonchev–Trinajstić information content (AvgIpc) is 3.62. The van der Waals surface area contributed by atoms with Crippen LogP contribution in [0.2, 0.25) is 0 Å². The van der Waals surface area contributed by atoms with Crippen LogP contribution < -0.4 is 15.1 Å². The third-order valence-corrected chi connectivity index (χ3v) is 7.26. The van der Waals surface area contributed by atoms with Crippen molar-refractivity contribution in [3.8, 4) is 17.2 Å². The van der Waals surface area contributed by atoms with E-state index in [0.717, 1.165) is 48.0 Å². The Balaban J connectivity index is 1.37. The van der Waals surface area contributed by atoms with Crippen LogP contribution in [-0.2, 0) is 13.1 Å². The number of hydrogen-bond acceptors (Lipinski definition) is 7. The molecule has 9 nitrogen and oxygen atoms in total. The summed E-state index contributed by atoms with van der Waals surface area (Å²) in [5.41, 5.74) is 4.21. The molecule has 3 aromatic heterocycles. The number of carbonyl (C=O) groups is 1. The van der Waals surface area contributed by atoms with Crippen LogP contribution in [0.4, 0.5) is 11.6 Å². The van der Waals surface area contributed by atoms with Crippen LogP contribution in [0.25, 0.3) is 17.2 Å². The van der Waals surface area contributed by atoms with Crippen molar-refractivity contribution in [2.45, 2.75) is 45.8 Å². The monoisotopic (exact) mass is 494 g/mol. The summed E-state index contributed by atoms with van der Waals surface area (Å²) in [6.45, 7) is 6.15. The maximum atomic E-state index is 13.7. The minimum Gasteiger partial charge on any atom is -0.354 e. The summed E-state index contributed by atoms with van der Waals surface area (Å²) < 4.78 is 1.98. The molecule has 0 spiro atoms. The maximum absolute atomic E-state index is 13.7. The molecule has 1 fully saturated rings. The van der Waals surface area contributed by atoms with Gasteiger partial charge in [0.1, 0.15) is 23.2 Å². The van der Waals surface area contributed by atoms with Crippen molar-refractivity contribution in [1.82, 2.24) is 30.0 Å². The van der Waals surface area contributed by atoms with E-state index in [2.05, 4.69) is 27.3 Å². The van der Waals surface area contributed by atoms with Gasteiger partial charge in [-0.1, -0.05) is 24.3 Å². The van der Waals surface area contributed by atoms with E-state index in [1.807, 2.05) is 73.1 Å². The second-order valence-electron chi connectivity index (χ2n) is 9.68. The standard InChI is InChI=1S/C28H30N8O/c1-18-9-8-14-34(18)26-15-21-22(24(31-26)16-29-3)17-35(28(21)37)25-13-7-12-23(30-25)27-33-32-19(2)36(27)20-10-5-4-6-11-20/h4-7,10-13,15,18,29H,8-9,14,16-17H2,1-3H3. The number of amides is 1. The fraction of sp³-hybridized carbons (Fsp3) is 0.321. The smallest absolute Gasteiger partial charge is 0.260 e. The van der Waals surface area contributed by atoms with E-state index in [4.69, 9.17) is 9.97 Å². The molecule has 1 unspecified atom stereocenters. The second-order valence-corrected chi connectivity index (χ2v) is 9.68. The Morgan fingerprint density at radius 2 is 1.86 bits per heavy atom. The molecule has 5 heterocycles. The number of pyridine rings is 2. The molecule has 2 aliphatic rings. The van der Waals surface area contributed by atoms with Crippen LogP contribution in [0, 0.1) is 6.92 Å². The van der Waals surface area contributed by atoms with Crippen LogP contribution >= 0.6 is 0 Å². The number of aromatic nitrogens is 5. The molecular formula is C28H30N8O. The lowest BCUT2D eigenvalue weighted by atomic mass is 10.1. The van der Waals surface area contributed by atoms with Gasteiger partial charge in [-0.25, -0.2) is 9.97 Å². The van der Waals surface area contributed by atoms with E-state index in [9.17, 15) is 4.79 Å². The van der Waals surface area contributed by atoms with Gasteiger partial charge in [0.05, 0.1) is 17.8 Å². The van der Waals surface area contributed by atoms with Crippen LogP contribution in [-0.4, -0.2) is 50.3 Å². The summed E-state index contributed by atoms with van der Waals surface area (Å²) >= 11 is 0. The number of carbonyl (C=O) groups excluding carboxylic acids is 1. The molecule has 188 valence electrons. The zero-order valence-corrected chi connectivity index (χ0v) is 21.3. The van der Waals surface area contributed by atoms with Crippen LogP contribution in [0.15, 0.2) is 54.6 Å². The quantitative estimate of drug-likeness (QED) is 0.435. The van der Waals surface area contributed by atoms with Crippen LogP contribution in [0.5, 0.6) is 0 Å². The van der Waals surface area contributed by atoms with Crippen molar-refractivity contribution >= 4 is 17.5 Å². The molecule has 1 atom stereocenters. The number of aryl methyl sites for hydroxylation is 1. The van der Waals surface area contributed by atoms with E-state index in [1.54, 1.807) is 4.90 Å². The highest BCUT2D eigenvalue weighted by atomic mass is 16.2. The third-order valence-electron chi connectivity index (χ3n) is 7.26. The predicted octanol–water partition coefficient (Wildman–Crippen LogP) is 3.90. The highest BCUT2D eigenvalue weighted by Crippen LogP contribution is 2.34. The Kier molecular flexibility index (Phi) is 5.92. The van der Waals surface area contributed by atoms with Gasteiger partial charge in [0.15, 0.2) is 5.82 Å². The summed E-state index contributed by atoms with van der Waals surface area (Å²) in [6, 6.07) is 18.1. The minimum atomic E-state index is -0.0480. The highest BCUT2D eigenvalue weighted by Gasteiger charge is 2.34. The Labute approximate surface area is 216 Å². The zero-order chi connectivity index (χ0) is 25.5. The van der Waals surface area contributed by atoms with Crippen LogP contribution in [0.3, 0.4) is 0 Å². The first kappa shape index (κ1) is 23.3. The number of rotatable bonds is 6. The first-order valence-electron chi connectivity index (χ1n) is 12.8. The van der Waals surface area contributed by atoms with Gasteiger partial charge in [-0.2, -0.15) is 0 Å². The molecule has 1 aromatic carbocycles. The Morgan fingerprint density at radius 3 is 2.62 bits per heavy atom. The minimum absolute atomic E-state index is 0.0480. The number of nitrogens with one attached hydrogen (secondary N) is 1. The topological polar surface area (TPSA) is 92.1 Å². The van der Waals surface area contributed by atoms with Gasteiger partial charge in [0, 0.05) is 30.4 Å². The first-order chi connectivity index (χ1) is 18.0. The number of hydrogen-bond donors (Lipinski definition) is 1. The molecule has 37 heavy (non-hydrogen) atoms. The predicted molar refractivity (Wildman–Crippen MR) is 143 cm³/mol. The molecule has 1 saturated heterocycles. The molecule has 0 saturated carbocycles. The van der Waals surface area contributed by atoms with E-state index >= 15 is 0 Å². The van der Waals surface area contributed by atoms with Gasteiger partial charge in [-0.3, -0.25) is 14.3 Å². The van der Waals surface area contributed by atoms with Crippen molar-refractivity contribution in [1.29, 1.82) is 0 Å². The summed E-state index contributed by atoms with van der Waals surface area (Å²) in [5.74, 6) is 2.83. The lowest BCUT2D eigenvalue weighted by molar-refractivity contribution is 0.0996. The molecule has 4 aromatic rings. The van der Waals surface area contributed by atoms with Gasteiger partial charge in [-0.05, 0) is 64.1 Å². The molecule has 1 amide bonds. The largest absolute Gasteiger partial charge is 0.354 e. The van der Waals surface area contributed by atoms with Gasteiger partial charge in [0.25, 0.3) is 5.91 Å². The molecule has 0 radical (unpaired) electrons. The van der Waals surface area contributed by atoms with Crippen molar-refractivity contribution in [2.24, 2.45) is 0 Å². The van der Waals surface area contributed by atoms with Gasteiger partial charge >= 0.3 is 0 Å². The fourth-order valence-electron chi connectivity index (χ4n) is 5.38. The number of nitrogens with zero attached hydrogens (tertiary/aromatic N) is 7. The first-order valence-corrected chi connectivity index (χ1v) is 12.8. The fourth-order valence-corrected chi connectivity index (χ4v) is 5.38. The third kappa shape index (κ3) is 4.05. The molecular weight excluding hydrogens is 464 g/mol. The summed E-state index contributed by atoms with van der Waals surface area (Å²) in [7, 11) is 1.91. The van der Waals surface area contributed by atoms with Gasteiger partial charge in [0.2, 0.25) is 0 Å². The van der Waals surface area contributed by atoms with Crippen molar-refractivity contribution in [3.05, 3.63) is 77.2 Å². The lowest BCUT2D eigenvalue weighted by Crippen LogP contribution is -2.28. The van der Waals surface area contributed by atoms with Crippen molar-refractivity contribution in [3.63, 3.8) is 0 Å². The molecule has 0 aliphatic carbocycles. The Bertz CT molecular complexity index is 1460. The van der Waals surface area contributed by atoms with E-state index in [-0.39, 0.29) is 5.91 Å². The number of para-hydroxylation sites is 1. The van der Waals surface area contributed by atoms with Crippen LogP contribution in [0.1, 0.15) is 47.2 Å². The van der Waals surface area contributed by atoms with E-state index in [1.165, 1.54) is 0 Å². The summed E-state index contributed by atoms with van der Waals surface area (Å²) in [4.78, 5) is 27.6. The summed E-state index contributed by atoms with van der Waals surface area (Å²) in [5, 5.41) is 11.9. The number of anilines is 2. The van der Waals surface area contributed by atoms with E-state index < -0.39 is 0 Å².